The van der Waals surface area contributed by atoms with Crippen LogP contribution in [0.25, 0.3) is 0 Å². The Balaban J connectivity index is 5.21. The zero-order valence-corrected chi connectivity index (χ0v) is 53.3. The molecule has 80 heavy (non-hydrogen) atoms. The minimum absolute atomic E-state index is 0.101. The summed E-state index contributed by atoms with van der Waals surface area (Å²) in [5, 5.41) is 10.5. The van der Waals surface area contributed by atoms with Gasteiger partial charge >= 0.3 is 39.5 Å². The second-order valence-corrected chi connectivity index (χ2v) is 26.0. The van der Waals surface area contributed by atoms with Gasteiger partial charge in [-0.25, -0.2) is 9.13 Å². The van der Waals surface area contributed by atoms with Gasteiger partial charge in [0.1, 0.15) is 19.3 Å². The number of phosphoric acid groups is 2. The SMILES string of the molecule is CCCCCCCC(=O)OC[C@H](COP(=O)(O)OC[C@H](O)COP(=O)(O)OC[C@@H](COC(=O)CCCCCCCCCCC(C)CC)OC(=O)CCCCCCCCCCCCC(C)C)OC(=O)CCCCCCCCC(C)CC. The van der Waals surface area contributed by atoms with Gasteiger partial charge < -0.3 is 33.8 Å². The molecule has 0 bridgehead atoms. The molecule has 0 radical (unpaired) electrons. The molecule has 0 aromatic carbocycles. The summed E-state index contributed by atoms with van der Waals surface area (Å²) < 4.78 is 67.7. The Labute approximate surface area is 486 Å². The van der Waals surface area contributed by atoms with E-state index in [4.69, 9.17) is 37.0 Å². The fourth-order valence-electron chi connectivity index (χ4n) is 8.89. The lowest BCUT2D eigenvalue weighted by Crippen LogP contribution is -2.30. The van der Waals surface area contributed by atoms with E-state index in [1.54, 1.807) is 0 Å². The second-order valence-electron chi connectivity index (χ2n) is 23.0. The van der Waals surface area contributed by atoms with Gasteiger partial charge in [0, 0.05) is 25.7 Å². The van der Waals surface area contributed by atoms with Gasteiger partial charge in [-0.1, -0.05) is 241 Å². The molecular formula is C61H118O17P2. The van der Waals surface area contributed by atoms with E-state index in [1.807, 2.05) is 0 Å². The molecular weight excluding hydrogens is 1070 g/mol. The maximum absolute atomic E-state index is 12.9. The van der Waals surface area contributed by atoms with Crippen LogP contribution in [0.4, 0.5) is 0 Å². The first-order valence-corrected chi connectivity index (χ1v) is 34.9. The molecule has 474 valence electrons. The molecule has 4 unspecified atom stereocenters. The smallest absolute Gasteiger partial charge is 0.462 e. The number of phosphoric ester groups is 2. The lowest BCUT2D eigenvalue weighted by Gasteiger charge is -2.21. The van der Waals surface area contributed by atoms with Crippen LogP contribution < -0.4 is 0 Å². The summed E-state index contributed by atoms with van der Waals surface area (Å²) in [7, 11) is -9.88. The van der Waals surface area contributed by atoms with Crippen molar-refractivity contribution in [3.63, 3.8) is 0 Å². The van der Waals surface area contributed by atoms with Crippen molar-refractivity contribution in [1.82, 2.24) is 0 Å². The van der Waals surface area contributed by atoms with Crippen LogP contribution in [0.1, 0.15) is 292 Å². The van der Waals surface area contributed by atoms with Crippen molar-refractivity contribution in [3.8, 4) is 0 Å². The van der Waals surface area contributed by atoms with Crippen molar-refractivity contribution >= 4 is 39.5 Å². The third kappa shape index (κ3) is 52.8. The van der Waals surface area contributed by atoms with Crippen molar-refractivity contribution in [2.24, 2.45) is 17.8 Å². The molecule has 0 aromatic heterocycles. The number of carbonyl (C=O) groups is 4. The maximum atomic E-state index is 12.9. The van der Waals surface area contributed by atoms with E-state index in [2.05, 4.69) is 48.5 Å². The minimum atomic E-state index is -4.94. The molecule has 0 saturated heterocycles. The highest BCUT2D eigenvalue weighted by molar-refractivity contribution is 7.47. The van der Waals surface area contributed by atoms with Crippen LogP contribution in [0.3, 0.4) is 0 Å². The highest BCUT2D eigenvalue weighted by atomic mass is 31.2. The number of ether oxygens (including phenoxy) is 4. The average molecular weight is 1190 g/mol. The van der Waals surface area contributed by atoms with Gasteiger partial charge in [0.05, 0.1) is 26.4 Å². The molecule has 19 heteroatoms. The van der Waals surface area contributed by atoms with Crippen LogP contribution in [0.15, 0.2) is 0 Å². The molecule has 7 atom stereocenters. The Hall–Kier alpha value is -1.94. The zero-order chi connectivity index (χ0) is 59.5. The van der Waals surface area contributed by atoms with Gasteiger partial charge in [0.25, 0.3) is 0 Å². The predicted octanol–water partition coefficient (Wildman–Crippen LogP) is 16.3. The quantitative estimate of drug-likeness (QED) is 0.0222. The van der Waals surface area contributed by atoms with E-state index in [9.17, 15) is 43.2 Å². The minimum Gasteiger partial charge on any atom is -0.462 e. The first-order valence-electron chi connectivity index (χ1n) is 31.9. The number of aliphatic hydroxyl groups excluding tert-OH is 1. The van der Waals surface area contributed by atoms with Crippen molar-refractivity contribution in [1.29, 1.82) is 0 Å². The number of hydrogen-bond donors (Lipinski definition) is 3. The fourth-order valence-corrected chi connectivity index (χ4v) is 10.5. The lowest BCUT2D eigenvalue weighted by molar-refractivity contribution is -0.161. The van der Waals surface area contributed by atoms with Crippen LogP contribution in [0.2, 0.25) is 0 Å². The summed E-state index contributed by atoms with van der Waals surface area (Å²) >= 11 is 0. The normalized spacial score (nSPS) is 15.1. The molecule has 0 saturated carbocycles. The molecule has 0 aromatic rings. The molecule has 3 N–H and O–H groups in total. The molecule has 0 rings (SSSR count). The van der Waals surface area contributed by atoms with Gasteiger partial charge in [-0.05, 0) is 43.4 Å². The molecule has 0 aliphatic carbocycles. The van der Waals surface area contributed by atoms with Crippen molar-refractivity contribution in [2.45, 2.75) is 311 Å². The Morgan fingerprint density at radius 3 is 0.950 bits per heavy atom. The highest BCUT2D eigenvalue weighted by Crippen LogP contribution is 2.45. The van der Waals surface area contributed by atoms with E-state index in [0.29, 0.717) is 25.7 Å². The van der Waals surface area contributed by atoms with Crippen molar-refractivity contribution in [3.05, 3.63) is 0 Å². The number of aliphatic hydroxyl groups is 1. The van der Waals surface area contributed by atoms with E-state index >= 15 is 0 Å². The summed E-state index contributed by atoms with van der Waals surface area (Å²) in [6.07, 6.45) is 32.4. The summed E-state index contributed by atoms with van der Waals surface area (Å²) in [6, 6.07) is 0. The first-order chi connectivity index (χ1) is 38.3. The van der Waals surface area contributed by atoms with Gasteiger partial charge in [-0.3, -0.25) is 37.3 Å². The third-order valence-corrected chi connectivity index (χ3v) is 16.5. The zero-order valence-electron chi connectivity index (χ0n) is 51.5. The number of esters is 4. The third-order valence-electron chi connectivity index (χ3n) is 14.6. The lowest BCUT2D eigenvalue weighted by atomic mass is 9.99. The summed E-state index contributed by atoms with van der Waals surface area (Å²) in [4.78, 5) is 71.8. The van der Waals surface area contributed by atoms with Gasteiger partial charge in [0.2, 0.25) is 0 Å². The Kier molecular flexibility index (Phi) is 51.3. The highest BCUT2D eigenvalue weighted by Gasteiger charge is 2.30. The summed E-state index contributed by atoms with van der Waals surface area (Å²) in [5.41, 5.74) is 0. The van der Waals surface area contributed by atoms with Crippen LogP contribution in [-0.2, 0) is 65.4 Å². The van der Waals surface area contributed by atoms with E-state index < -0.39 is 97.5 Å². The molecule has 0 fully saturated rings. The Morgan fingerprint density at radius 2 is 0.637 bits per heavy atom. The van der Waals surface area contributed by atoms with Gasteiger partial charge in [-0.15, -0.1) is 0 Å². The number of rotatable bonds is 59. The summed E-state index contributed by atoms with van der Waals surface area (Å²) in [5.74, 6) is 0.0972. The largest absolute Gasteiger partial charge is 0.472 e. The second kappa shape index (κ2) is 52.6. The van der Waals surface area contributed by atoms with Crippen LogP contribution in [0, 0.1) is 17.8 Å². The van der Waals surface area contributed by atoms with Crippen LogP contribution in [0.5, 0.6) is 0 Å². The number of unbranched alkanes of at least 4 members (excludes halogenated alkanes) is 25. The molecule has 0 heterocycles. The molecule has 0 aliphatic heterocycles. The molecule has 0 aliphatic rings. The first kappa shape index (κ1) is 78.1. The van der Waals surface area contributed by atoms with Gasteiger partial charge in [0.15, 0.2) is 12.2 Å². The monoisotopic (exact) mass is 1180 g/mol. The maximum Gasteiger partial charge on any atom is 0.472 e. The Bertz CT molecular complexity index is 1600. The van der Waals surface area contributed by atoms with Crippen LogP contribution in [-0.4, -0.2) is 96.7 Å². The average Bonchev–Trinajstić information content (AvgIpc) is 3.42. The van der Waals surface area contributed by atoms with Gasteiger partial charge in [-0.2, -0.15) is 0 Å². The van der Waals surface area contributed by atoms with Crippen molar-refractivity contribution in [2.75, 3.05) is 39.6 Å². The number of hydrogen-bond acceptors (Lipinski definition) is 15. The van der Waals surface area contributed by atoms with Crippen molar-refractivity contribution < 1.29 is 80.2 Å². The predicted molar refractivity (Wildman–Crippen MR) is 317 cm³/mol. The molecule has 0 spiro atoms. The van der Waals surface area contributed by atoms with E-state index in [1.165, 1.54) is 96.3 Å². The topological polar surface area (TPSA) is 237 Å². The number of carbonyl (C=O) groups excluding carboxylic acids is 4. The summed E-state index contributed by atoms with van der Waals surface area (Å²) in [6.45, 7) is 11.6. The van der Waals surface area contributed by atoms with E-state index in [-0.39, 0.29) is 25.7 Å². The molecule has 0 amide bonds. The Morgan fingerprint density at radius 1 is 0.362 bits per heavy atom. The van der Waals surface area contributed by atoms with E-state index in [0.717, 1.165) is 114 Å². The van der Waals surface area contributed by atoms with Crippen LogP contribution >= 0.6 is 15.6 Å². The molecule has 17 nitrogen and oxygen atoms in total. The standard InChI is InChI=1S/C61H118O17P2/c1-8-11-12-25-35-42-58(63)71-48-56(78-61(66)45-38-31-24-23-28-34-41-54(7)10-3)50-75-79(67,68)73-46-55(62)47-74-80(69,70)76-51-57(49-72-59(64)43-36-29-21-18-17-20-27-33-40-53(6)9-2)77-60(65)44-37-30-22-16-14-13-15-19-26-32-39-52(4)5/h52-57,62H,8-51H2,1-7H3,(H,67,68)(H,69,70)/t53?,54?,55-,56+,57+/m0/s1. The fraction of sp³-hybridized carbons (Fsp3) is 0.934.